The van der Waals surface area contributed by atoms with Gasteiger partial charge in [-0.15, -0.1) is 0 Å². The number of ether oxygens (including phenoxy) is 1. The van der Waals surface area contributed by atoms with E-state index < -0.39 is 0 Å². The summed E-state index contributed by atoms with van der Waals surface area (Å²) in [7, 11) is 0. The van der Waals surface area contributed by atoms with Crippen molar-refractivity contribution in [3.8, 4) is 0 Å². The Morgan fingerprint density at radius 1 is 1.33 bits per heavy atom. The van der Waals surface area contributed by atoms with Crippen molar-refractivity contribution in [2.75, 3.05) is 6.61 Å². The molecule has 1 aliphatic heterocycles. The van der Waals surface area contributed by atoms with Crippen LogP contribution in [0.1, 0.15) is 24.9 Å². The zero-order valence-electron chi connectivity index (χ0n) is 10.5. The fourth-order valence-electron chi connectivity index (χ4n) is 2.85. The number of nitrogens with zero attached hydrogens (tertiary/aromatic N) is 1. The first-order valence-electron chi connectivity index (χ1n) is 6.48. The van der Waals surface area contributed by atoms with Crippen LogP contribution in [0.4, 0.5) is 0 Å². The van der Waals surface area contributed by atoms with Crippen LogP contribution >= 0.6 is 0 Å². The molecule has 3 rings (SSSR count). The summed E-state index contributed by atoms with van der Waals surface area (Å²) in [5.41, 5.74) is 8.59. The molecule has 2 heterocycles. The van der Waals surface area contributed by atoms with Crippen LogP contribution in [0.3, 0.4) is 0 Å². The standard InChI is InChI=1S/C15H18N2O/c1-10-12(7-9-18-10)14(16)13-6-2-4-11-5-3-8-17-15(11)13/h2-6,8,10,12,14H,7,9,16H2,1H3. The van der Waals surface area contributed by atoms with E-state index in [1.807, 2.05) is 12.3 Å². The third kappa shape index (κ3) is 1.89. The van der Waals surface area contributed by atoms with E-state index in [1.165, 1.54) is 0 Å². The summed E-state index contributed by atoms with van der Waals surface area (Å²) in [5, 5.41) is 1.15. The number of fused-ring (bicyclic) bond motifs is 1. The number of hydrogen-bond donors (Lipinski definition) is 1. The Labute approximate surface area is 107 Å². The molecule has 2 N–H and O–H groups in total. The van der Waals surface area contributed by atoms with Crippen LogP contribution in [0.25, 0.3) is 10.9 Å². The second-order valence-corrected chi connectivity index (χ2v) is 4.98. The molecule has 0 saturated carbocycles. The predicted molar refractivity (Wildman–Crippen MR) is 72.2 cm³/mol. The highest BCUT2D eigenvalue weighted by atomic mass is 16.5. The van der Waals surface area contributed by atoms with Gasteiger partial charge in [-0.05, 0) is 25.0 Å². The number of pyridine rings is 1. The van der Waals surface area contributed by atoms with E-state index in [9.17, 15) is 0 Å². The number of para-hydroxylation sites is 1. The molecule has 3 unspecified atom stereocenters. The number of nitrogens with two attached hydrogens (primary N) is 1. The largest absolute Gasteiger partial charge is 0.378 e. The van der Waals surface area contributed by atoms with Crippen molar-refractivity contribution in [3.05, 3.63) is 42.1 Å². The van der Waals surface area contributed by atoms with Crippen LogP contribution < -0.4 is 5.73 Å². The third-order valence-electron chi connectivity index (χ3n) is 3.92. The normalized spacial score (nSPS) is 25.4. The number of hydrogen-bond acceptors (Lipinski definition) is 3. The molecule has 94 valence electrons. The topological polar surface area (TPSA) is 48.1 Å². The van der Waals surface area contributed by atoms with E-state index in [0.29, 0.717) is 5.92 Å². The minimum absolute atomic E-state index is 0.00102. The summed E-state index contributed by atoms with van der Waals surface area (Å²) >= 11 is 0. The fraction of sp³-hybridized carbons (Fsp3) is 0.400. The van der Waals surface area contributed by atoms with Crippen LogP contribution in [0.5, 0.6) is 0 Å². The zero-order valence-corrected chi connectivity index (χ0v) is 10.5. The minimum Gasteiger partial charge on any atom is -0.378 e. The van der Waals surface area contributed by atoms with Crippen molar-refractivity contribution < 1.29 is 4.74 Å². The van der Waals surface area contributed by atoms with Crippen LogP contribution in [0, 0.1) is 5.92 Å². The maximum absolute atomic E-state index is 6.44. The molecular formula is C15H18N2O. The van der Waals surface area contributed by atoms with Gasteiger partial charge >= 0.3 is 0 Å². The average Bonchev–Trinajstić information content (AvgIpc) is 2.83. The fourth-order valence-corrected chi connectivity index (χ4v) is 2.85. The summed E-state index contributed by atoms with van der Waals surface area (Å²) in [4.78, 5) is 4.48. The van der Waals surface area contributed by atoms with Gasteiger partial charge in [0, 0.05) is 30.1 Å². The van der Waals surface area contributed by atoms with Crippen LogP contribution in [-0.4, -0.2) is 17.7 Å². The SMILES string of the molecule is CC1OCCC1C(N)c1cccc2cccnc12. The van der Waals surface area contributed by atoms with Gasteiger partial charge in [0.1, 0.15) is 0 Å². The Kier molecular flexibility index (Phi) is 3.02. The van der Waals surface area contributed by atoms with E-state index in [0.717, 1.165) is 29.5 Å². The predicted octanol–water partition coefficient (Wildman–Crippen LogP) is 2.66. The van der Waals surface area contributed by atoms with E-state index in [2.05, 4.69) is 36.2 Å². The lowest BCUT2D eigenvalue weighted by Crippen LogP contribution is -2.26. The first-order valence-corrected chi connectivity index (χ1v) is 6.48. The highest BCUT2D eigenvalue weighted by Gasteiger charge is 2.31. The van der Waals surface area contributed by atoms with Gasteiger partial charge in [0.25, 0.3) is 0 Å². The molecule has 0 amide bonds. The quantitative estimate of drug-likeness (QED) is 0.880. The highest BCUT2D eigenvalue weighted by molar-refractivity contribution is 5.82. The van der Waals surface area contributed by atoms with Crippen molar-refractivity contribution >= 4 is 10.9 Å². The molecule has 3 atom stereocenters. The zero-order chi connectivity index (χ0) is 12.5. The molecule has 1 fully saturated rings. The second kappa shape index (κ2) is 4.67. The van der Waals surface area contributed by atoms with Crippen LogP contribution in [-0.2, 0) is 4.74 Å². The minimum atomic E-state index is 0.00102. The third-order valence-corrected chi connectivity index (χ3v) is 3.92. The summed E-state index contributed by atoms with van der Waals surface area (Å²) in [5.74, 6) is 0.387. The first kappa shape index (κ1) is 11.6. The summed E-state index contributed by atoms with van der Waals surface area (Å²) in [6, 6.07) is 10.3. The van der Waals surface area contributed by atoms with Gasteiger partial charge in [0.15, 0.2) is 0 Å². The molecule has 0 spiro atoms. The molecule has 3 nitrogen and oxygen atoms in total. The molecule has 0 radical (unpaired) electrons. The Balaban J connectivity index is 2.03. The monoisotopic (exact) mass is 242 g/mol. The van der Waals surface area contributed by atoms with Gasteiger partial charge in [-0.2, -0.15) is 0 Å². The lowest BCUT2D eigenvalue weighted by atomic mass is 9.88. The molecule has 1 aromatic carbocycles. The van der Waals surface area contributed by atoms with Crippen molar-refractivity contribution in [1.82, 2.24) is 4.98 Å². The van der Waals surface area contributed by atoms with Gasteiger partial charge in [-0.25, -0.2) is 0 Å². The van der Waals surface area contributed by atoms with Crippen molar-refractivity contribution in [3.63, 3.8) is 0 Å². The van der Waals surface area contributed by atoms with Crippen molar-refractivity contribution in [2.24, 2.45) is 11.7 Å². The number of aromatic nitrogens is 1. The lowest BCUT2D eigenvalue weighted by molar-refractivity contribution is 0.0996. The van der Waals surface area contributed by atoms with Gasteiger partial charge in [-0.1, -0.05) is 24.3 Å². The van der Waals surface area contributed by atoms with Gasteiger partial charge in [0.05, 0.1) is 11.6 Å². The van der Waals surface area contributed by atoms with Gasteiger partial charge in [-0.3, -0.25) is 4.98 Å². The van der Waals surface area contributed by atoms with Crippen molar-refractivity contribution in [2.45, 2.75) is 25.5 Å². The smallest absolute Gasteiger partial charge is 0.0749 e. The average molecular weight is 242 g/mol. The summed E-state index contributed by atoms with van der Waals surface area (Å²) in [6.07, 6.45) is 3.09. The van der Waals surface area contributed by atoms with Gasteiger partial charge < -0.3 is 10.5 Å². The number of benzene rings is 1. The molecule has 0 bridgehead atoms. The van der Waals surface area contributed by atoms with Gasteiger partial charge in [0.2, 0.25) is 0 Å². The summed E-state index contributed by atoms with van der Waals surface area (Å²) in [6.45, 7) is 2.92. The Hall–Kier alpha value is -1.45. The number of rotatable bonds is 2. The molecular weight excluding hydrogens is 224 g/mol. The van der Waals surface area contributed by atoms with E-state index >= 15 is 0 Å². The maximum atomic E-state index is 6.44. The highest BCUT2D eigenvalue weighted by Crippen LogP contribution is 2.33. The lowest BCUT2D eigenvalue weighted by Gasteiger charge is -2.23. The molecule has 3 heteroatoms. The summed E-state index contributed by atoms with van der Waals surface area (Å²) < 4.78 is 5.62. The molecule has 1 aliphatic rings. The molecule has 2 aromatic rings. The molecule has 0 aliphatic carbocycles. The molecule has 18 heavy (non-hydrogen) atoms. The van der Waals surface area contributed by atoms with Crippen molar-refractivity contribution in [1.29, 1.82) is 0 Å². The van der Waals surface area contributed by atoms with E-state index in [1.54, 1.807) is 0 Å². The van der Waals surface area contributed by atoms with Crippen LogP contribution in [0.15, 0.2) is 36.5 Å². The Bertz CT molecular complexity index is 550. The Morgan fingerprint density at radius 2 is 2.17 bits per heavy atom. The second-order valence-electron chi connectivity index (χ2n) is 4.98. The van der Waals surface area contributed by atoms with E-state index in [-0.39, 0.29) is 12.1 Å². The molecule has 1 aromatic heterocycles. The van der Waals surface area contributed by atoms with Crippen LogP contribution in [0.2, 0.25) is 0 Å². The molecule has 1 saturated heterocycles. The first-order chi connectivity index (χ1) is 8.77. The Morgan fingerprint density at radius 3 is 2.94 bits per heavy atom. The maximum Gasteiger partial charge on any atom is 0.0749 e. The van der Waals surface area contributed by atoms with E-state index in [4.69, 9.17) is 10.5 Å².